The smallest absolute Gasteiger partial charge is 0.338 e. The molecule has 0 saturated carbocycles. The fraction of sp³-hybridized carbons (Fsp3) is 0.412. The maximum Gasteiger partial charge on any atom is 0.338 e. The van der Waals surface area contributed by atoms with Crippen molar-refractivity contribution in [1.82, 2.24) is 10.2 Å². The Hall–Kier alpha value is -2.01. The molecule has 1 unspecified atom stereocenters. The van der Waals surface area contributed by atoms with Crippen LogP contribution in [-0.2, 0) is 9.53 Å². The molecule has 1 aromatic carbocycles. The molecule has 1 N–H and O–H groups in total. The Bertz CT molecular complexity index is 638. The number of hydrogen-bond acceptors (Lipinski definition) is 3. The van der Waals surface area contributed by atoms with Crippen LogP contribution < -0.4 is 5.32 Å². The Kier molecular flexibility index (Phi) is 5.31. The van der Waals surface area contributed by atoms with Gasteiger partial charge in [0.15, 0.2) is 0 Å². The third-order valence-corrected chi connectivity index (χ3v) is 3.98. The average molecular weight is 337 g/mol. The topological polar surface area (TPSA) is 58.6 Å². The van der Waals surface area contributed by atoms with E-state index >= 15 is 0 Å². The Morgan fingerprint density at radius 1 is 1.35 bits per heavy atom. The summed E-state index contributed by atoms with van der Waals surface area (Å²) in [7, 11) is 1.62. The standard InChI is InChI=1S/C17H21ClN2O3/c1-10(2)9-23-16(21)14-11(3)20(4)17(22)19-15(14)12-5-7-13(18)8-6-12/h5-8,10,15H,9H2,1-4H3,(H,19,22). The second-order valence-corrected chi connectivity index (χ2v) is 6.42. The first-order valence-electron chi connectivity index (χ1n) is 7.48. The van der Waals surface area contributed by atoms with Crippen molar-refractivity contribution in [3.63, 3.8) is 0 Å². The number of carbonyl (C=O) groups is 2. The average Bonchev–Trinajstić information content (AvgIpc) is 2.50. The second-order valence-electron chi connectivity index (χ2n) is 5.98. The van der Waals surface area contributed by atoms with Gasteiger partial charge in [0.1, 0.15) is 0 Å². The first-order valence-corrected chi connectivity index (χ1v) is 7.86. The van der Waals surface area contributed by atoms with Crippen LogP contribution >= 0.6 is 11.6 Å². The molecule has 1 aliphatic heterocycles. The van der Waals surface area contributed by atoms with Crippen molar-refractivity contribution >= 4 is 23.6 Å². The van der Waals surface area contributed by atoms with Crippen LogP contribution in [0.15, 0.2) is 35.5 Å². The maximum atomic E-state index is 12.5. The predicted octanol–water partition coefficient (Wildman–Crippen LogP) is 3.51. The summed E-state index contributed by atoms with van der Waals surface area (Å²) >= 11 is 5.92. The lowest BCUT2D eigenvalue weighted by molar-refractivity contribution is -0.140. The Balaban J connectivity index is 2.39. The molecular weight excluding hydrogens is 316 g/mol. The van der Waals surface area contributed by atoms with E-state index in [4.69, 9.17) is 16.3 Å². The highest BCUT2D eigenvalue weighted by molar-refractivity contribution is 6.30. The highest BCUT2D eigenvalue weighted by Crippen LogP contribution is 2.31. The first kappa shape index (κ1) is 17.3. The van der Waals surface area contributed by atoms with E-state index < -0.39 is 12.0 Å². The van der Waals surface area contributed by atoms with Crippen LogP contribution in [-0.4, -0.2) is 30.6 Å². The number of nitrogens with one attached hydrogen (secondary N) is 1. The van der Waals surface area contributed by atoms with E-state index in [-0.39, 0.29) is 11.9 Å². The third kappa shape index (κ3) is 3.85. The van der Waals surface area contributed by atoms with Gasteiger partial charge < -0.3 is 15.0 Å². The maximum absolute atomic E-state index is 12.5. The minimum Gasteiger partial charge on any atom is -0.462 e. The zero-order valence-corrected chi connectivity index (χ0v) is 14.5. The molecule has 23 heavy (non-hydrogen) atoms. The van der Waals surface area contributed by atoms with Crippen LogP contribution in [0.3, 0.4) is 0 Å². The molecule has 1 atom stereocenters. The zero-order chi connectivity index (χ0) is 17.1. The van der Waals surface area contributed by atoms with Crippen molar-refractivity contribution in [3.8, 4) is 0 Å². The van der Waals surface area contributed by atoms with Gasteiger partial charge in [0.25, 0.3) is 0 Å². The molecule has 0 radical (unpaired) electrons. The summed E-state index contributed by atoms with van der Waals surface area (Å²) in [6.07, 6.45) is 0. The molecule has 0 spiro atoms. The number of amides is 2. The van der Waals surface area contributed by atoms with E-state index in [9.17, 15) is 9.59 Å². The Morgan fingerprint density at radius 2 is 1.96 bits per heavy atom. The number of esters is 1. The summed E-state index contributed by atoms with van der Waals surface area (Å²) < 4.78 is 5.37. The predicted molar refractivity (Wildman–Crippen MR) is 89.0 cm³/mol. The van der Waals surface area contributed by atoms with E-state index in [0.29, 0.717) is 22.9 Å². The largest absolute Gasteiger partial charge is 0.462 e. The van der Waals surface area contributed by atoms with Crippen molar-refractivity contribution in [3.05, 3.63) is 46.1 Å². The van der Waals surface area contributed by atoms with Crippen LogP contribution in [0.1, 0.15) is 32.4 Å². The second kappa shape index (κ2) is 7.04. The van der Waals surface area contributed by atoms with Gasteiger partial charge in [-0.15, -0.1) is 0 Å². The molecule has 2 amide bonds. The van der Waals surface area contributed by atoms with Crippen molar-refractivity contribution in [1.29, 1.82) is 0 Å². The van der Waals surface area contributed by atoms with Gasteiger partial charge >= 0.3 is 12.0 Å². The van der Waals surface area contributed by atoms with E-state index in [0.717, 1.165) is 5.56 Å². The number of rotatable bonds is 4. The van der Waals surface area contributed by atoms with E-state index in [1.165, 1.54) is 4.90 Å². The molecular formula is C17H21ClN2O3. The van der Waals surface area contributed by atoms with Crippen molar-refractivity contribution in [2.75, 3.05) is 13.7 Å². The van der Waals surface area contributed by atoms with Gasteiger partial charge in [-0.1, -0.05) is 37.6 Å². The van der Waals surface area contributed by atoms with Crippen LogP contribution in [0.25, 0.3) is 0 Å². The number of allylic oxidation sites excluding steroid dienone is 1. The van der Waals surface area contributed by atoms with Crippen LogP contribution in [0.5, 0.6) is 0 Å². The van der Waals surface area contributed by atoms with Crippen molar-refractivity contribution in [2.45, 2.75) is 26.8 Å². The lowest BCUT2D eigenvalue weighted by Crippen LogP contribution is -2.46. The summed E-state index contributed by atoms with van der Waals surface area (Å²) in [4.78, 5) is 26.0. The summed E-state index contributed by atoms with van der Waals surface area (Å²) in [5, 5.41) is 3.43. The number of hydrogen-bond donors (Lipinski definition) is 1. The summed E-state index contributed by atoms with van der Waals surface area (Å²) in [5.41, 5.74) is 1.81. The van der Waals surface area contributed by atoms with Crippen molar-refractivity contribution in [2.24, 2.45) is 5.92 Å². The zero-order valence-electron chi connectivity index (χ0n) is 13.7. The van der Waals surface area contributed by atoms with Crippen LogP contribution in [0.4, 0.5) is 4.79 Å². The van der Waals surface area contributed by atoms with Gasteiger partial charge in [0, 0.05) is 17.8 Å². The van der Waals surface area contributed by atoms with Gasteiger partial charge in [-0.3, -0.25) is 0 Å². The molecule has 0 aromatic heterocycles. The number of halogens is 1. The number of ether oxygens (including phenoxy) is 1. The third-order valence-electron chi connectivity index (χ3n) is 3.73. The first-order chi connectivity index (χ1) is 10.8. The molecule has 124 valence electrons. The van der Waals surface area contributed by atoms with Gasteiger partial charge in [-0.25, -0.2) is 9.59 Å². The number of urea groups is 1. The van der Waals surface area contributed by atoms with Crippen LogP contribution in [0.2, 0.25) is 5.02 Å². The van der Waals surface area contributed by atoms with Gasteiger partial charge in [-0.2, -0.15) is 0 Å². The SMILES string of the molecule is CC1=C(C(=O)OCC(C)C)C(c2ccc(Cl)cc2)NC(=O)N1C. The highest BCUT2D eigenvalue weighted by Gasteiger charge is 2.35. The lowest BCUT2D eigenvalue weighted by Gasteiger charge is -2.33. The number of carbonyl (C=O) groups excluding carboxylic acids is 2. The molecule has 6 heteroatoms. The van der Waals surface area contributed by atoms with E-state index in [2.05, 4.69) is 5.32 Å². The van der Waals surface area contributed by atoms with Crippen molar-refractivity contribution < 1.29 is 14.3 Å². The molecule has 0 aliphatic carbocycles. The fourth-order valence-electron chi connectivity index (χ4n) is 2.33. The summed E-state index contributed by atoms with van der Waals surface area (Å²) in [6, 6.07) is 6.24. The summed E-state index contributed by atoms with van der Waals surface area (Å²) in [6.45, 7) is 6.02. The number of nitrogens with zero attached hydrogens (tertiary/aromatic N) is 1. The number of benzene rings is 1. The van der Waals surface area contributed by atoms with E-state index in [1.54, 1.807) is 38.2 Å². The Labute approximate surface area is 141 Å². The van der Waals surface area contributed by atoms with Gasteiger partial charge in [-0.05, 0) is 30.5 Å². The molecule has 1 aromatic rings. The monoisotopic (exact) mass is 336 g/mol. The lowest BCUT2D eigenvalue weighted by atomic mass is 9.95. The molecule has 0 bridgehead atoms. The molecule has 5 nitrogen and oxygen atoms in total. The highest BCUT2D eigenvalue weighted by atomic mass is 35.5. The molecule has 2 rings (SSSR count). The van der Waals surface area contributed by atoms with Crippen LogP contribution in [0, 0.1) is 5.92 Å². The molecule has 0 saturated heterocycles. The quantitative estimate of drug-likeness (QED) is 0.856. The minimum absolute atomic E-state index is 0.241. The van der Waals surface area contributed by atoms with Gasteiger partial charge in [0.2, 0.25) is 0 Å². The molecule has 1 heterocycles. The molecule has 0 fully saturated rings. The Morgan fingerprint density at radius 3 is 2.52 bits per heavy atom. The molecule has 1 aliphatic rings. The van der Waals surface area contributed by atoms with Gasteiger partial charge in [0.05, 0.1) is 18.2 Å². The fourth-order valence-corrected chi connectivity index (χ4v) is 2.45. The van der Waals surface area contributed by atoms with E-state index in [1.807, 2.05) is 13.8 Å². The normalized spacial score (nSPS) is 18.3. The summed E-state index contributed by atoms with van der Waals surface area (Å²) in [5.74, 6) is -0.173. The minimum atomic E-state index is -0.546.